The second kappa shape index (κ2) is 4.79. The summed E-state index contributed by atoms with van der Waals surface area (Å²) in [6.07, 6.45) is 0. The third kappa shape index (κ3) is 2.96. The van der Waals surface area contributed by atoms with Gasteiger partial charge in [-0.25, -0.2) is 4.98 Å². The maximum Gasteiger partial charge on any atom is 0.251 e. The van der Waals surface area contributed by atoms with Crippen LogP contribution in [0.25, 0.3) is 11.5 Å². The minimum absolute atomic E-state index is 0.201. The Morgan fingerprint density at radius 1 is 1.21 bits per heavy atom. The summed E-state index contributed by atoms with van der Waals surface area (Å²) in [6.45, 7) is 5.99. The van der Waals surface area contributed by atoms with Crippen LogP contribution in [0.15, 0.2) is 23.0 Å². The van der Waals surface area contributed by atoms with Crippen LogP contribution in [-0.2, 0) is 5.41 Å². The molecule has 0 aliphatic rings. The first-order valence-electron chi connectivity index (χ1n) is 5.90. The average Bonchev–Trinajstić information content (AvgIpc) is 2.37. The predicted octanol–water partition coefficient (Wildman–Crippen LogP) is 1.53. The van der Waals surface area contributed by atoms with E-state index in [0.29, 0.717) is 23.1 Å². The maximum atomic E-state index is 11.7. The molecule has 0 radical (unpaired) electrons. The number of aromatic amines is 1. The van der Waals surface area contributed by atoms with Gasteiger partial charge < -0.3 is 9.72 Å². The lowest BCUT2D eigenvalue weighted by atomic mass is 9.92. The molecule has 2 aromatic rings. The summed E-state index contributed by atoms with van der Waals surface area (Å²) in [5.74, 6) is 0.825. The van der Waals surface area contributed by atoms with E-state index in [4.69, 9.17) is 4.74 Å². The summed E-state index contributed by atoms with van der Waals surface area (Å²) < 4.78 is 4.94. The van der Waals surface area contributed by atoms with Crippen LogP contribution >= 0.6 is 0 Å². The highest BCUT2D eigenvalue weighted by atomic mass is 16.5. The van der Waals surface area contributed by atoms with Crippen molar-refractivity contribution in [3.8, 4) is 17.4 Å². The Morgan fingerprint density at radius 3 is 2.47 bits per heavy atom. The summed E-state index contributed by atoms with van der Waals surface area (Å²) in [6, 6.07) is 4.88. The molecule has 2 rings (SSSR count). The van der Waals surface area contributed by atoms with Crippen molar-refractivity contribution in [2.75, 3.05) is 7.11 Å². The van der Waals surface area contributed by atoms with E-state index in [1.54, 1.807) is 12.1 Å². The monoisotopic (exact) mass is 260 g/mol. The molecule has 2 heterocycles. The van der Waals surface area contributed by atoms with Crippen LogP contribution in [0.3, 0.4) is 0 Å². The minimum atomic E-state index is -0.205. The van der Waals surface area contributed by atoms with Gasteiger partial charge in [0.25, 0.3) is 5.56 Å². The Morgan fingerprint density at radius 2 is 1.95 bits per heavy atom. The molecule has 2 aromatic heterocycles. The number of H-pyrrole nitrogens is 1. The molecule has 0 saturated carbocycles. The molecule has 0 aliphatic carbocycles. The fraction of sp³-hybridized carbons (Fsp3) is 0.385. The first kappa shape index (κ1) is 13.2. The van der Waals surface area contributed by atoms with Gasteiger partial charge in [-0.1, -0.05) is 20.8 Å². The van der Waals surface area contributed by atoms with E-state index in [-0.39, 0.29) is 11.0 Å². The van der Waals surface area contributed by atoms with Crippen molar-refractivity contribution in [2.45, 2.75) is 26.2 Å². The van der Waals surface area contributed by atoms with Crippen LogP contribution in [-0.4, -0.2) is 27.3 Å². The molecule has 0 atom stereocenters. The van der Waals surface area contributed by atoms with Gasteiger partial charge in [-0.2, -0.15) is 0 Å². The second-order valence-corrected chi connectivity index (χ2v) is 5.19. The zero-order chi connectivity index (χ0) is 14.0. The predicted molar refractivity (Wildman–Crippen MR) is 71.1 cm³/mol. The molecule has 6 heteroatoms. The van der Waals surface area contributed by atoms with Gasteiger partial charge in [-0.3, -0.25) is 4.79 Å². The van der Waals surface area contributed by atoms with Gasteiger partial charge in [0, 0.05) is 17.5 Å². The normalized spacial score (nSPS) is 11.4. The van der Waals surface area contributed by atoms with Crippen LogP contribution in [0.5, 0.6) is 5.88 Å². The quantitative estimate of drug-likeness (QED) is 0.885. The lowest BCUT2D eigenvalue weighted by Crippen LogP contribution is -2.20. The van der Waals surface area contributed by atoms with Crippen molar-refractivity contribution in [1.82, 2.24) is 20.2 Å². The molecule has 6 nitrogen and oxygen atoms in total. The highest BCUT2D eigenvalue weighted by molar-refractivity contribution is 5.48. The van der Waals surface area contributed by atoms with Crippen molar-refractivity contribution >= 4 is 0 Å². The number of hydrogen-bond acceptors (Lipinski definition) is 5. The van der Waals surface area contributed by atoms with Crippen LogP contribution < -0.4 is 10.3 Å². The fourth-order valence-corrected chi connectivity index (χ4v) is 1.52. The molecular formula is C13H16N4O2. The maximum absolute atomic E-state index is 11.7. The Labute approximate surface area is 110 Å². The molecule has 0 spiro atoms. The Balaban J connectivity index is 2.49. The number of hydrogen-bond donors (Lipinski definition) is 1. The number of nitrogens with one attached hydrogen (secondary N) is 1. The van der Waals surface area contributed by atoms with E-state index < -0.39 is 0 Å². The second-order valence-electron chi connectivity index (χ2n) is 5.19. The van der Waals surface area contributed by atoms with E-state index in [1.807, 2.05) is 20.8 Å². The van der Waals surface area contributed by atoms with Gasteiger partial charge in [-0.15, -0.1) is 10.2 Å². The van der Waals surface area contributed by atoms with E-state index in [1.165, 1.54) is 13.2 Å². The van der Waals surface area contributed by atoms with Crippen molar-refractivity contribution in [3.63, 3.8) is 0 Å². The topological polar surface area (TPSA) is 80.8 Å². The lowest BCUT2D eigenvalue weighted by molar-refractivity contribution is 0.392. The summed E-state index contributed by atoms with van der Waals surface area (Å²) in [5, 5.41) is 7.84. The zero-order valence-electron chi connectivity index (χ0n) is 11.4. The van der Waals surface area contributed by atoms with E-state index in [0.717, 1.165) is 0 Å². The number of nitrogens with zero attached hydrogens (tertiary/aromatic N) is 3. The minimum Gasteiger partial charge on any atom is -0.480 e. The van der Waals surface area contributed by atoms with Gasteiger partial charge in [0.1, 0.15) is 5.69 Å². The Kier molecular flexibility index (Phi) is 3.33. The van der Waals surface area contributed by atoms with Gasteiger partial charge in [0.15, 0.2) is 5.82 Å². The lowest BCUT2D eigenvalue weighted by Gasteiger charge is -2.17. The van der Waals surface area contributed by atoms with Crippen molar-refractivity contribution in [2.24, 2.45) is 0 Å². The van der Waals surface area contributed by atoms with Gasteiger partial charge in [0.05, 0.1) is 12.8 Å². The molecule has 0 saturated heterocycles. The molecule has 100 valence electrons. The summed E-state index contributed by atoms with van der Waals surface area (Å²) >= 11 is 0. The number of ether oxygens (including phenoxy) is 1. The fourth-order valence-electron chi connectivity index (χ4n) is 1.52. The summed E-state index contributed by atoms with van der Waals surface area (Å²) in [7, 11) is 1.52. The molecule has 0 unspecified atom stereocenters. The largest absolute Gasteiger partial charge is 0.480 e. The summed E-state index contributed by atoms with van der Waals surface area (Å²) in [5.41, 5.74) is 0.809. The molecule has 1 N–H and O–H groups in total. The summed E-state index contributed by atoms with van der Waals surface area (Å²) in [4.78, 5) is 18.8. The average molecular weight is 260 g/mol. The first-order valence-corrected chi connectivity index (χ1v) is 5.90. The van der Waals surface area contributed by atoms with E-state index >= 15 is 0 Å². The number of methoxy groups -OCH3 is 1. The number of rotatable bonds is 2. The zero-order valence-corrected chi connectivity index (χ0v) is 11.4. The smallest absolute Gasteiger partial charge is 0.251 e. The number of aromatic nitrogens is 4. The first-order chi connectivity index (χ1) is 8.90. The molecule has 19 heavy (non-hydrogen) atoms. The molecule has 0 fully saturated rings. The van der Waals surface area contributed by atoms with Crippen LogP contribution in [0, 0.1) is 0 Å². The van der Waals surface area contributed by atoms with Crippen LogP contribution in [0.4, 0.5) is 0 Å². The molecule has 0 aliphatic heterocycles. The van der Waals surface area contributed by atoms with E-state index in [9.17, 15) is 4.79 Å². The molecule has 0 aromatic carbocycles. The van der Waals surface area contributed by atoms with Crippen LogP contribution in [0.1, 0.15) is 26.5 Å². The molecule has 0 bridgehead atoms. The highest BCUT2D eigenvalue weighted by Gasteiger charge is 2.18. The van der Waals surface area contributed by atoms with Gasteiger partial charge in [0.2, 0.25) is 5.88 Å². The van der Waals surface area contributed by atoms with Crippen molar-refractivity contribution in [3.05, 3.63) is 34.2 Å². The molecule has 0 amide bonds. The molecular weight excluding hydrogens is 244 g/mol. The van der Waals surface area contributed by atoms with Gasteiger partial charge >= 0.3 is 0 Å². The van der Waals surface area contributed by atoms with E-state index in [2.05, 4.69) is 20.2 Å². The Hall–Kier alpha value is -2.24. The van der Waals surface area contributed by atoms with Crippen LogP contribution in [0.2, 0.25) is 0 Å². The SMILES string of the molecule is COc1ccc(-c2nc(C(C)(C)C)cc(=O)[nH]2)nn1. The van der Waals surface area contributed by atoms with Gasteiger partial charge in [-0.05, 0) is 6.07 Å². The standard InChI is InChI=1S/C13H16N4O2/c1-13(2,3)9-7-10(18)15-12(14-9)8-5-6-11(19-4)17-16-8/h5-7H,1-4H3,(H,14,15,18). The van der Waals surface area contributed by atoms with Crippen molar-refractivity contribution in [1.29, 1.82) is 0 Å². The highest BCUT2D eigenvalue weighted by Crippen LogP contribution is 2.20. The Bertz CT molecular complexity index is 626. The third-order valence-electron chi connectivity index (χ3n) is 2.60. The third-order valence-corrected chi connectivity index (χ3v) is 2.60. The van der Waals surface area contributed by atoms with Crippen molar-refractivity contribution < 1.29 is 4.74 Å².